The summed E-state index contributed by atoms with van der Waals surface area (Å²) in [6.07, 6.45) is 0. The molecule has 0 aromatic heterocycles. The van der Waals surface area contributed by atoms with Gasteiger partial charge in [-0.3, -0.25) is 4.79 Å². The highest BCUT2D eigenvalue weighted by Crippen LogP contribution is 2.34. The van der Waals surface area contributed by atoms with Gasteiger partial charge >= 0.3 is 0 Å². The van der Waals surface area contributed by atoms with E-state index in [1.165, 1.54) is 0 Å². The largest absolute Gasteiger partial charge is 0.372 e. The zero-order valence-corrected chi connectivity index (χ0v) is 12.9. The molecule has 1 aliphatic rings. The van der Waals surface area contributed by atoms with Crippen LogP contribution in [0.2, 0.25) is 10.0 Å². The molecule has 108 valence electrons. The van der Waals surface area contributed by atoms with E-state index in [1.807, 2.05) is 31.2 Å². The molecule has 21 heavy (non-hydrogen) atoms. The molecule has 0 bridgehead atoms. The first-order chi connectivity index (χ1) is 10.1. The first kappa shape index (κ1) is 14.2. The summed E-state index contributed by atoms with van der Waals surface area (Å²) in [6, 6.07) is 12.8. The van der Waals surface area contributed by atoms with Crippen LogP contribution in [-0.2, 0) is 11.3 Å². The fourth-order valence-electron chi connectivity index (χ4n) is 2.48. The SMILES string of the molecule is CC1Nc2ccccc2N(Cc2c(Cl)cccc2Cl)C1=O. The third-order valence-corrected chi connectivity index (χ3v) is 4.29. The smallest absolute Gasteiger partial charge is 0.249 e. The topological polar surface area (TPSA) is 32.3 Å². The van der Waals surface area contributed by atoms with Gasteiger partial charge in [-0.05, 0) is 31.2 Å². The second-order valence-corrected chi connectivity index (χ2v) is 5.82. The van der Waals surface area contributed by atoms with Crippen LogP contribution in [0.25, 0.3) is 0 Å². The maximum Gasteiger partial charge on any atom is 0.249 e. The molecule has 5 heteroatoms. The number of nitrogens with one attached hydrogen (secondary N) is 1. The standard InChI is InChI=1S/C16H14Cl2N2O/c1-10-16(21)20(15-8-3-2-7-14(15)19-10)9-11-12(17)5-4-6-13(11)18/h2-8,10,19H,9H2,1H3. The van der Waals surface area contributed by atoms with Crippen molar-refractivity contribution in [3.05, 3.63) is 58.1 Å². The van der Waals surface area contributed by atoms with E-state index in [0.29, 0.717) is 16.6 Å². The van der Waals surface area contributed by atoms with Gasteiger partial charge in [0.15, 0.2) is 0 Å². The van der Waals surface area contributed by atoms with Crippen molar-refractivity contribution in [2.45, 2.75) is 19.5 Å². The van der Waals surface area contributed by atoms with Crippen LogP contribution in [0, 0.1) is 0 Å². The lowest BCUT2D eigenvalue weighted by molar-refractivity contribution is -0.119. The Morgan fingerprint density at radius 2 is 1.76 bits per heavy atom. The molecule has 0 radical (unpaired) electrons. The lowest BCUT2D eigenvalue weighted by Crippen LogP contribution is -2.45. The third-order valence-electron chi connectivity index (χ3n) is 3.58. The number of amides is 1. The monoisotopic (exact) mass is 320 g/mol. The molecule has 1 amide bonds. The van der Waals surface area contributed by atoms with Crippen LogP contribution < -0.4 is 10.2 Å². The minimum atomic E-state index is -0.277. The summed E-state index contributed by atoms with van der Waals surface area (Å²) >= 11 is 12.4. The Morgan fingerprint density at radius 1 is 1.10 bits per heavy atom. The van der Waals surface area contributed by atoms with Crippen LogP contribution in [0.15, 0.2) is 42.5 Å². The van der Waals surface area contributed by atoms with Crippen LogP contribution in [0.3, 0.4) is 0 Å². The van der Waals surface area contributed by atoms with Gasteiger partial charge in [0, 0.05) is 15.6 Å². The number of hydrogen-bond donors (Lipinski definition) is 1. The number of fused-ring (bicyclic) bond motifs is 1. The van der Waals surface area contributed by atoms with Gasteiger partial charge in [0.1, 0.15) is 6.04 Å². The van der Waals surface area contributed by atoms with Gasteiger partial charge in [0.05, 0.1) is 17.9 Å². The van der Waals surface area contributed by atoms with Crippen LogP contribution in [0.4, 0.5) is 11.4 Å². The summed E-state index contributed by atoms with van der Waals surface area (Å²) in [5.74, 6) is 0.00434. The summed E-state index contributed by atoms with van der Waals surface area (Å²) in [5, 5.41) is 4.33. The normalized spacial score (nSPS) is 17.4. The molecule has 0 saturated carbocycles. The average molecular weight is 321 g/mol. The van der Waals surface area contributed by atoms with Gasteiger partial charge in [-0.2, -0.15) is 0 Å². The van der Waals surface area contributed by atoms with Crippen LogP contribution in [-0.4, -0.2) is 11.9 Å². The summed E-state index contributed by atoms with van der Waals surface area (Å²) in [7, 11) is 0. The molecule has 3 rings (SSSR count). The lowest BCUT2D eigenvalue weighted by atomic mass is 10.1. The zero-order chi connectivity index (χ0) is 15.0. The summed E-state index contributed by atoms with van der Waals surface area (Å²) in [6.45, 7) is 2.21. The number of rotatable bonds is 2. The Bertz CT molecular complexity index is 682. The number of halogens is 2. The van der Waals surface area contributed by atoms with E-state index in [4.69, 9.17) is 23.2 Å². The van der Waals surface area contributed by atoms with Crippen molar-refractivity contribution < 1.29 is 4.79 Å². The number of carbonyl (C=O) groups is 1. The number of carbonyl (C=O) groups excluding carboxylic acids is 1. The van der Waals surface area contributed by atoms with E-state index in [0.717, 1.165) is 16.9 Å². The van der Waals surface area contributed by atoms with Crippen molar-refractivity contribution in [1.29, 1.82) is 0 Å². The second kappa shape index (κ2) is 5.58. The van der Waals surface area contributed by atoms with Crippen molar-refractivity contribution in [3.8, 4) is 0 Å². The Hall–Kier alpha value is -1.71. The van der Waals surface area contributed by atoms with Crippen molar-refractivity contribution in [2.75, 3.05) is 10.2 Å². The van der Waals surface area contributed by atoms with E-state index < -0.39 is 0 Å². The molecule has 1 N–H and O–H groups in total. The molecule has 0 fully saturated rings. The maximum absolute atomic E-state index is 12.5. The number of para-hydroxylation sites is 2. The Morgan fingerprint density at radius 3 is 2.48 bits per heavy atom. The highest BCUT2D eigenvalue weighted by atomic mass is 35.5. The molecule has 1 aliphatic heterocycles. The fourth-order valence-corrected chi connectivity index (χ4v) is 3.00. The quantitative estimate of drug-likeness (QED) is 0.892. The Labute approximate surface area is 133 Å². The van der Waals surface area contributed by atoms with Gasteiger partial charge in [-0.25, -0.2) is 0 Å². The first-order valence-electron chi connectivity index (χ1n) is 6.68. The molecule has 1 unspecified atom stereocenters. The number of anilines is 2. The van der Waals surface area contributed by atoms with E-state index >= 15 is 0 Å². The highest BCUT2D eigenvalue weighted by Gasteiger charge is 2.30. The molecule has 3 nitrogen and oxygen atoms in total. The van der Waals surface area contributed by atoms with Crippen LogP contribution >= 0.6 is 23.2 Å². The van der Waals surface area contributed by atoms with Gasteiger partial charge in [0.2, 0.25) is 5.91 Å². The fraction of sp³-hybridized carbons (Fsp3) is 0.188. The van der Waals surface area contributed by atoms with Crippen molar-refractivity contribution >= 4 is 40.5 Å². The van der Waals surface area contributed by atoms with Crippen molar-refractivity contribution in [3.63, 3.8) is 0 Å². The van der Waals surface area contributed by atoms with Crippen LogP contribution in [0.1, 0.15) is 12.5 Å². The van der Waals surface area contributed by atoms with Crippen molar-refractivity contribution in [2.24, 2.45) is 0 Å². The molecule has 2 aromatic rings. The minimum Gasteiger partial charge on any atom is -0.372 e. The highest BCUT2D eigenvalue weighted by molar-refractivity contribution is 6.36. The number of nitrogens with zero attached hydrogens (tertiary/aromatic N) is 1. The Balaban J connectivity index is 2.03. The van der Waals surface area contributed by atoms with E-state index in [-0.39, 0.29) is 11.9 Å². The predicted molar refractivity (Wildman–Crippen MR) is 87.2 cm³/mol. The first-order valence-corrected chi connectivity index (χ1v) is 7.43. The molecule has 0 spiro atoms. The molecule has 1 heterocycles. The molecule has 1 atom stereocenters. The summed E-state index contributed by atoms with van der Waals surface area (Å²) < 4.78 is 0. The van der Waals surface area contributed by atoms with Gasteiger partial charge in [-0.15, -0.1) is 0 Å². The molecule has 0 aliphatic carbocycles. The maximum atomic E-state index is 12.5. The Kier molecular flexibility index (Phi) is 3.79. The zero-order valence-electron chi connectivity index (χ0n) is 11.4. The number of benzene rings is 2. The lowest BCUT2D eigenvalue weighted by Gasteiger charge is -2.34. The average Bonchev–Trinajstić information content (AvgIpc) is 2.46. The third kappa shape index (κ3) is 2.59. The summed E-state index contributed by atoms with van der Waals surface area (Å²) in [4.78, 5) is 14.2. The molecular formula is C16H14Cl2N2O. The van der Waals surface area contributed by atoms with Gasteiger partial charge in [0.25, 0.3) is 0 Å². The minimum absolute atomic E-state index is 0.00434. The van der Waals surface area contributed by atoms with E-state index in [1.54, 1.807) is 23.1 Å². The summed E-state index contributed by atoms with van der Waals surface area (Å²) in [5.41, 5.74) is 2.54. The second-order valence-electron chi connectivity index (χ2n) is 5.01. The van der Waals surface area contributed by atoms with E-state index in [9.17, 15) is 4.79 Å². The van der Waals surface area contributed by atoms with Crippen LogP contribution in [0.5, 0.6) is 0 Å². The van der Waals surface area contributed by atoms with Gasteiger partial charge < -0.3 is 10.2 Å². The predicted octanol–water partition coefficient (Wildman–Crippen LogP) is 4.34. The van der Waals surface area contributed by atoms with E-state index in [2.05, 4.69) is 5.32 Å². The number of hydrogen-bond acceptors (Lipinski definition) is 2. The van der Waals surface area contributed by atoms with Crippen molar-refractivity contribution in [1.82, 2.24) is 0 Å². The molecule has 0 saturated heterocycles. The van der Waals surface area contributed by atoms with Gasteiger partial charge in [-0.1, -0.05) is 41.4 Å². The molecular weight excluding hydrogens is 307 g/mol. The molecule has 2 aromatic carbocycles.